The summed E-state index contributed by atoms with van der Waals surface area (Å²) in [6, 6.07) is 4.96. The lowest BCUT2D eigenvalue weighted by molar-refractivity contribution is -0.137. The molecule has 1 atom stereocenters. The molecule has 0 spiro atoms. The number of allylic oxidation sites excluding steroid dienone is 3. The molecule has 2 aliphatic heterocycles. The van der Waals surface area contributed by atoms with E-state index < -0.39 is 17.9 Å². The van der Waals surface area contributed by atoms with Crippen LogP contribution in [0.5, 0.6) is 0 Å². The number of alkyl halides is 3. The lowest BCUT2D eigenvalue weighted by Crippen LogP contribution is -2.46. The van der Waals surface area contributed by atoms with Crippen molar-refractivity contribution in [3.05, 3.63) is 65.9 Å². The van der Waals surface area contributed by atoms with Gasteiger partial charge >= 0.3 is 6.18 Å². The van der Waals surface area contributed by atoms with E-state index in [0.29, 0.717) is 16.8 Å². The van der Waals surface area contributed by atoms with Gasteiger partial charge in [0, 0.05) is 19.3 Å². The maximum absolute atomic E-state index is 12.7. The number of likely N-dealkylation sites (N-methyl/N-ethyl adjacent to an activating group) is 1. The molecule has 0 fully saturated rings. The molecule has 4 nitrogen and oxygen atoms in total. The van der Waals surface area contributed by atoms with E-state index in [1.807, 2.05) is 0 Å². The van der Waals surface area contributed by atoms with Gasteiger partial charge in [-0.1, -0.05) is 18.2 Å². The molecule has 0 aliphatic carbocycles. The summed E-state index contributed by atoms with van der Waals surface area (Å²) in [6.07, 6.45) is 3.57. The summed E-state index contributed by atoms with van der Waals surface area (Å²) in [4.78, 5) is 13.9. The number of hydrogen-bond donors (Lipinski definition) is 0. The van der Waals surface area contributed by atoms with Gasteiger partial charge in [-0.05, 0) is 42.3 Å². The first kappa shape index (κ1) is 17.0. The van der Waals surface area contributed by atoms with E-state index in [9.17, 15) is 18.0 Å². The zero-order chi connectivity index (χ0) is 18.2. The number of halogens is 3. The Morgan fingerprint density at radius 3 is 2.40 bits per heavy atom. The van der Waals surface area contributed by atoms with E-state index in [2.05, 4.69) is 5.10 Å². The van der Waals surface area contributed by atoms with Crippen molar-refractivity contribution in [1.82, 2.24) is 9.91 Å². The van der Waals surface area contributed by atoms with E-state index in [4.69, 9.17) is 0 Å². The van der Waals surface area contributed by atoms with Crippen LogP contribution in [0.15, 0.2) is 59.9 Å². The summed E-state index contributed by atoms with van der Waals surface area (Å²) >= 11 is 0. The molecule has 2 heterocycles. The minimum absolute atomic E-state index is 0.249. The van der Waals surface area contributed by atoms with Crippen molar-refractivity contribution in [3.8, 4) is 0 Å². The normalized spacial score (nSPS) is 26.1. The predicted octanol–water partition coefficient (Wildman–Crippen LogP) is 3.65. The molecule has 3 rings (SSSR count). The molecule has 25 heavy (non-hydrogen) atoms. The number of hydrazone groups is 1. The number of benzene rings is 1. The van der Waals surface area contributed by atoms with Crippen LogP contribution in [-0.4, -0.2) is 34.7 Å². The summed E-state index contributed by atoms with van der Waals surface area (Å²) in [5.41, 5.74) is 1.28. The lowest BCUT2D eigenvalue weighted by Gasteiger charge is -2.35. The van der Waals surface area contributed by atoms with Crippen molar-refractivity contribution >= 4 is 17.2 Å². The van der Waals surface area contributed by atoms with Crippen molar-refractivity contribution in [2.24, 2.45) is 5.10 Å². The average Bonchev–Trinajstić information content (AvgIpc) is 2.54. The second kappa shape index (κ2) is 6.23. The van der Waals surface area contributed by atoms with Gasteiger partial charge in [0.2, 0.25) is 0 Å². The highest BCUT2D eigenvalue weighted by Gasteiger charge is 2.30. The fraction of sp³-hybridized carbons (Fsp3) is 0.222. The zero-order valence-corrected chi connectivity index (χ0v) is 13.7. The van der Waals surface area contributed by atoms with Crippen LogP contribution in [0.3, 0.4) is 0 Å². The van der Waals surface area contributed by atoms with Gasteiger partial charge in [-0.2, -0.15) is 18.3 Å². The van der Waals surface area contributed by atoms with Crippen LogP contribution in [0.25, 0.3) is 5.57 Å². The second-order valence-electron chi connectivity index (χ2n) is 5.85. The van der Waals surface area contributed by atoms with Crippen LogP contribution < -0.4 is 0 Å². The van der Waals surface area contributed by atoms with E-state index in [1.54, 1.807) is 43.3 Å². The fourth-order valence-corrected chi connectivity index (χ4v) is 2.62. The minimum Gasteiger partial charge on any atom is -0.356 e. The second-order valence-corrected chi connectivity index (χ2v) is 5.85. The topological polar surface area (TPSA) is 35.9 Å². The van der Waals surface area contributed by atoms with E-state index in [1.165, 1.54) is 23.2 Å². The lowest BCUT2D eigenvalue weighted by atomic mass is 10.0. The summed E-state index contributed by atoms with van der Waals surface area (Å²) in [7, 11) is 1.80. The van der Waals surface area contributed by atoms with Gasteiger partial charge in [0.25, 0.3) is 5.91 Å². The Morgan fingerprint density at radius 1 is 1.08 bits per heavy atom. The SMILES string of the molecule is CC1=N/N2C(=O)C=CN(C)C2/C=C(c2ccc(C(F)(F)F)cc2)/C=C\1. The van der Waals surface area contributed by atoms with Gasteiger partial charge in [0.05, 0.1) is 11.3 Å². The Morgan fingerprint density at radius 2 is 1.76 bits per heavy atom. The molecule has 7 heteroatoms. The third kappa shape index (κ3) is 3.50. The highest BCUT2D eigenvalue weighted by molar-refractivity contribution is 5.98. The maximum atomic E-state index is 12.7. The number of fused-ring (bicyclic) bond motifs is 1. The number of amides is 1. The Labute approximate surface area is 143 Å². The quantitative estimate of drug-likeness (QED) is 0.777. The highest BCUT2D eigenvalue weighted by atomic mass is 19.4. The summed E-state index contributed by atoms with van der Waals surface area (Å²) < 4.78 is 38.2. The van der Waals surface area contributed by atoms with Crippen LogP contribution in [-0.2, 0) is 11.0 Å². The minimum atomic E-state index is -4.37. The smallest absolute Gasteiger partial charge is 0.356 e. The molecule has 0 saturated carbocycles. The zero-order valence-electron chi connectivity index (χ0n) is 13.7. The Bertz CT molecular complexity index is 804. The third-order valence-electron chi connectivity index (χ3n) is 3.99. The van der Waals surface area contributed by atoms with Crippen molar-refractivity contribution in [2.75, 3.05) is 7.05 Å². The monoisotopic (exact) mass is 347 g/mol. The number of rotatable bonds is 1. The van der Waals surface area contributed by atoms with Gasteiger partial charge < -0.3 is 4.90 Å². The van der Waals surface area contributed by atoms with Crippen LogP contribution in [0.4, 0.5) is 13.2 Å². The van der Waals surface area contributed by atoms with Gasteiger partial charge in [-0.3, -0.25) is 4.79 Å². The molecule has 0 aromatic heterocycles. The summed E-state index contributed by atoms with van der Waals surface area (Å²) in [6.45, 7) is 1.76. The molecular formula is C18H16F3N3O. The Hall–Kier alpha value is -2.83. The number of carbonyl (C=O) groups excluding carboxylic acids is 1. The molecular weight excluding hydrogens is 331 g/mol. The molecule has 1 aromatic carbocycles. The van der Waals surface area contributed by atoms with Gasteiger partial charge in [0.15, 0.2) is 0 Å². The van der Waals surface area contributed by atoms with Crippen LogP contribution in [0, 0.1) is 0 Å². The van der Waals surface area contributed by atoms with Crippen molar-refractivity contribution in [3.63, 3.8) is 0 Å². The standard InChI is InChI=1S/C18H16F3N3O/c1-12-3-4-14(13-5-7-15(8-6-13)18(19,20)21)11-16-23(2)10-9-17(25)24(16)22-12/h3-11,16H,1-2H3/b4-3-,14-11-,22-12-. The molecule has 0 radical (unpaired) electrons. The molecule has 0 N–H and O–H groups in total. The summed E-state index contributed by atoms with van der Waals surface area (Å²) in [5, 5.41) is 5.64. The third-order valence-corrected chi connectivity index (χ3v) is 3.99. The number of hydrogen-bond acceptors (Lipinski definition) is 3. The van der Waals surface area contributed by atoms with Gasteiger partial charge in [0.1, 0.15) is 6.17 Å². The van der Waals surface area contributed by atoms with Crippen LogP contribution in [0.2, 0.25) is 0 Å². The molecule has 0 saturated heterocycles. The molecule has 1 unspecified atom stereocenters. The van der Waals surface area contributed by atoms with E-state index in [0.717, 1.165) is 12.1 Å². The van der Waals surface area contributed by atoms with E-state index >= 15 is 0 Å². The number of nitrogens with zero attached hydrogens (tertiary/aromatic N) is 3. The molecule has 1 aromatic rings. The molecule has 1 amide bonds. The Kier molecular flexibility index (Phi) is 4.24. The first-order valence-electron chi connectivity index (χ1n) is 7.62. The first-order valence-corrected chi connectivity index (χ1v) is 7.62. The van der Waals surface area contributed by atoms with Crippen molar-refractivity contribution < 1.29 is 18.0 Å². The Balaban J connectivity index is 2.03. The van der Waals surface area contributed by atoms with E-state index in [-0.39, 0.29) is 5.91 Å². The number of carbonyl (C=O) groups is 1. The van der Waals surface area contributed by atoms with Gasteiger partial charge in [-0.25, -0.2) is 5.01 Å². The largest absolute Gasteiger partial charge is 0.416 e. The van der Waals surface area contributed by atoms with Gasteiger partial charge in [-0.15, -0.1) is 0 Å². The summed E-state index contributed by atoms with van der Waals surface area (Å²) in [5.74, 6) is -0.249. The average molecular weight is 347 g/mol. The molecule has 2 aliphatic rings. The van der Waals surface area contributed by atoms with Crippen LogP contribution >= 0.6 is 0 Å². The van der Waals surface area contributed by atoms with Crippen molar-refractivity contribution in [1.29, 1.82) is 0 Å². The predicted molar refractivity (Wildman–Crippen MR) is 89.2 cm³/mol. The maximum Gasteiger partial charge on any atom is 0.416 e. The highest BCUT2D eigenvalue weighted by Crippen LogP contribution is 2.31. The van der Waals surface area contributed by atoms with Crippen LogP contribution in [0.1, 0.15) is 18.1 Å². The molecule has 130 valence electrons. The fourth-order valence-electron chi connectivity index (χ4n) is 2.62. The van der Waals surface area contributed by atoms with Crippen molar-refractivity contribution in [2.45, 2.75) is 19.3 Å². The first-order chi connectivity index (χ1) is 11.8. The molecule has 0 bridgehead atoms.